The van der Waals surface area contributed by atoms with Crippen LogP contribution in [0.15, 0.2) is 9.59 Å². The quantitative estimate of drug-likeness (QED) is 0.744. The number of hydrogen-bond donors (Lipinski definition) is 2. The van der Waals surface area contributed by atoms with E-state index < -0.39 is 17.2 Å². The molecular weight excluding hydrogens is 326 g/mol. The van der Waals surface area contributed by atoms with Crippen LogP contribution in [0.2, 0.25) is 0 Å². The average Bonchev–Trinajstić information content (AvgIpc) is 2.50. The summed E-state index contributed by atoms with van der Waals surface area (Å²) in [5, 5.41) is 0. The van der Waals surface area contributed by atoms with E-state index in [0.717, 1.165) is 6.42 Å². The number of aromatic amines is 2. The van der Waals surface area contributed by atoms with Gasteiger partial charge >= 0.3 is 11.7 Å². The van der Waals surface area contributed by atoms with Crippen LogP contribution in [-0.4, -0.2) is 46.4 Å². The normalized spacial score (nSPS) is 20.4. The van der Waals surface area contributed by atoms with Gasteiger partial charge < -0.3 is 14.6 Å². The maximum atomic E-state index is 12.2. The SMILES string of the molecule is Cc1[nH]c(=O)[nH]c(=O)c1CCC(=O)OCC(=O)N1CC(C)CC(C)C1. The summed E-state index contributed by atoms with van der Waals surface area (Å²) in [4.78, 5) is 53.2. The Hall–Kier alpha value is -2.38. The highest BCUT2D eigenvalue weighted by Crippen LogP contribution is 2.20. The molecule has 1 aliphatic heterocycles. The fourth-order valence-corrected chi connectivity index (χ4v) is 3.33. The Morgan fingerprint density at radius 3 is 2.40 bits per heavy atom. The van der Waals surface area contributed by atoms with E-state index in [-0.39, 0.29) is 25.4 Å². The third-order valence-corrected chi connectivity index (χ3v) is 4.41. The maximum Gasteiger partial charge on any atom is 0.325 e. The van der Waals surface area contributed by atoms with E-state index in [1.54, 1.807) is 11.8 Å². The molecule has 0 spiro atoms. The summed E-state index contributed by atoms with van der Waals surface area (Å²) in [7, 11) is 0. The average molecular weight is 351 g/mol. The zero-order valence-electron chi connectivity index (χ0n) is 14.9. The minimum absolute atomic E-state index is 0.0317. The Kier molecular flexibility index (Phi) is 6.17. The lowest BCUT2D eigenvalue weighted by atomic mass is 9.92. The summed E-state index contributed by atoms with van der Waals surface area (Å²) in [6, 6.07) is 0. The molecule has 8 heteroatoms. The Morgan fingerprint density at radius 2 is 1.80 bits per heavy atom. The smallest absolute Gasteiger partial charge is 0.325 e. The highest BCUT2D eigenvalue weighted by Gasteiger charge is 2.25. The van der Waals surface area contributed by atoms with Crippen molar-refractivity contribution in [2.45, 2.75) is 40.0 Å². The van der Waals surface area contributed by atoms with Gasteiger partial charge in [-0.1, -0.05) is 13.8 Å². The number of esters is 1. The molecule has 2 atom stereocenters. The minimum Gasteiger partial charge on any atom is -0.456 e. The van der Waals surface area contributed by atoms with E-state index in [2.05, 4.69) is 23.8 Å². The molecule has 1 aliphatic rings. The predicted octanol–water partition coefficient (Wildman–Crippen LogP) is 0.352. The zero-order chi connectivity index (χ0) is 18.6. The summed E-state index contributed by atoms with van der Waals surface area (Å²) in [6.07, 6.45) is 1.20. The molecule has 1 amide bonds. The fourth-order valence-electron chi connectivity index (χ4n) is 3.33. The number of hydrogen-bond acceptors (Lipinski definition) is 5. The first-order valence-corrected chi connectivity index (χ1v) is 8.51. The van der Waals surface area contributed by atoms with Crippen LogP contribution in [0.1, 0.15) is 37.9 Å². The number of H-pyrrole nitrogens is 2. The Balaban J connectivity index is 1.82. The largest absolute Gasteiger partial charge is 0.456 e. The summed E-state index contributed by atoms with van der Waals surface area (Å²) < 4.78 is 5.04. The topological polar surface area (TPSA) is 112 Å². The maximum absolute atomic E-state index is 12.2. The van der Waals surface area contributed by atoms with Crippen LogP contribution in [0.25, 0.3) is 0 Å². The van der Waals surface area contributed by atoms with Crippen LogP contribution in [0.5, 0.6) is 0 Å². The summed E-state index contributed by atoms with van der Waals surface area (Å²) >= 11 is 0. The van der Waals surface area contributed by atoms with Gasteiger partial charge in [-0.3, -0.25) is 19.4 Å². The Morgan fingerprint density at radius 1 is 1.16 bits per heavy atom. The molecule has 138 valence electrons. The van der Waals surface area contributed by atoms with E-state index in [1.807, 2.05) is 0 Å². The second-order valence-corrected chi connectivity index (χ2v) is 6.92. The van der Waals surface area contributed by atoms with E-state index in [1.165, 1.54) is 0 Å². The first-order valence-electron chi connectivity index (χ1n) is 8.51. The molecule has 1 aromatic heterocycles. The standard InChI is InChI=1S/C17H25N3O5/c1-10-6-11(2)8-20(7-10)14(21)9-25-15(22)5-4-13-12(3)18-17(24)19-16(13)23/h10-11H,4-9H2,1-3H3,(H2,18,19,23,24). The van der Waals surface area contributed by atoms with E-state index >= 15 is 0 Å². The molecule has 2 heterocycles. The Bertz CT molecular complexity index is 741. The fraction of sp³-hybridized carbons (Fsp3) is 0.647. The number of piperidine rings is 1. The van der Waals surface area contributed by atoms with Crippen molar-refractivity contribution in [2.24, 2.45) is 11.8 Å². The molecule has 1 aromatic rings. The molecular formula is C17H25N3O5. The van der Waals surface area contributed by atoms with Gasteiger partial charge in [0.25, 0.3) is 11.5 Å². The molecule has 8 nitrogen and oxygen atoms in total. The van der Waals surface area contributed by atoms with Crippen molar-refractivity contribution in [3.05, 3.63) is 32.1 Å². The third-order valence-electron chi connectivity index (χ3n) is 4.41. The van der Waals surface area contributed by atoms with Crippen LogP contribution >= 0.6 is 0 Å². The highest BCUT2D eigenvalue weighted by atomic mass is 16.5. The van der Waals surface area contributed by atoms with Crippen LogP contribution in [0.4, 0.5) is 0 Å². The van der Waals surface area contributed by atoms with Gasteiger partial charge in [-0.05, 0) is 31.6 Å². The molecule has 2 rings (SSSR count). The Labute approximate surface area is 145 Å². The van der Waals surface area contributed by atoms with Crippen molar-refractivity contribution in [2.75, 3.05) is 19.7 Å². The number of nitrogens with one attached hydrogen (secondary N) is 2. The molecule has 0 aliphatic carbocycles. The number of amides is 1. The summed E-state index contributed by atoms with van der Waals surface area (Å²) in [5.74, 6) is 0.151. The van der Waals surface area contributed by atoms with Crippen molar-refractivity contribution in [3.63, 3.8) is 0 Å². The molecule has 25 heavy (non-hydrogen) atoms. The lowest BCUT2D eigenvalue weighted by Crippen LogP contribution is -2.44. The molecule has 0 radical (unpaired) electrons. The van der Waals surface area contributed by atoms with Crippen molar-refractivity contribution in [1.29, 1.82) is 0 Å². The van der Waals surface area contributed by atoms with Gasteiger partial charge in [0.2, 0.25) is 0 Å². The van der Waals surface area contributed by atoms with Gasteiger partial charge in [-0.25, -0.2) is 4.79 Å². The minimum atomic E-state index is -0.579. The van der Waals surface area contributed by atoms with Gasteiger partial charge in [0, 0.05) is 30.8 Å². The number of rotatable bonds is 5. The second-order valence-electron chi connectivity index (χ2n) is 6.92. The number of aromatic nitrogens is 2. The highest BCUT2D eigenvalue weighted by molar-refractivity contribution is 5.80. The van der Waals surface area contributed by atoms with Crippen LogP contribution in [0, 0.1) is 18.8 Å². The zero-order valence-corrected chi connectivity index (χ0v) is 14.9. The number of likely N-dealkylation sites (tertiary alicyclic amines) is 1. The first-order chi connectivity index (χ1) is 11.8. The molecule has 0 aromatic carbocycles. The number of ether oxygens (including phenoxy) is 1. The van der Waals surface area contributed by atoms with Gasteiger partial charge in [-0.2, -0.15) is 0 Å². The van der Waals surface area contributed by atoms with Gasteiger partial charge in [-0.15, -0.1) is 0 Å². The van der Waals surface area contributed by atoms with Crippen molar-refractivity contribution in [3.8, 4) is 0 Å². The van der Waals surface area contributed by atoms with Crippen molar-refractivity contribution in [1.82, 2.24) is 14.9 Å². The van der Waals surface area contributed by atoms with E-state index in [0.29, 0.717) is 36.2 Å². The number of nitrogens with zero attached hydrogens (tertiary/aromatic N) is 1. The number of aryl methyl sites for hydroxylation is 1. The van der Waals surface area contributed by atoms with E-state index in [4.69, 9.17) is 4.74 Å². The number of carbonyl (C=O) groups is 2. The molecule has 2 N–H and O–H groups in total. The molecule has 2 unspecified atom stereocenters. The predicted molar refractivity (Wildman–Crippen MR) is 91.2 cm³/mol. The third kappa shape index (κ3) is 5.30. The second kappa shape index (κ2) is 8.13. The van der Waals surface area contributed by atoms with Crippen LogP contribution in [-0.2, 0) is 20.7 Å². The van der Waals surface area contributed by atoms with Crippen molar-refractivity contribution < 1.29 is 14.3 Å². The van der Waals surface area contributed by atoms with Crippen LogP contribution in [0.3, 0.4) is 0 Å². The van der Waals surface area contributed by atoms with E-state index in [9.17, 15) is 19.2 Å². The molecule has 0 bridgehead atoms. The van der Waals surface area contributed by atoms with Gasteiger partial charge in [0.1, 0.15) is 0 Å². The summed E-state index contributed by atoms with van der Waals surface area (Å²) in [6.45, 7) is 6.90. The molecule has 1 saturated heterocycles. The lowest BCUT2D eigenvalue weighted by molar-refractivity contribution is -0.153. The van der Waals surface area contributed by atoms with Crippen molar-refractivity contribution >= 4 is 11.9 Å². The molecule has 0 saturated carbocycles. The first kappa shape index (κ1) is 19.0. The van der Waals surface area contributed by atoms with Gasteiger partial charge in [0.05, 0.1) is 0 Å². The van der Waals surface area contributed by atoms with Gasteiger partial charge in [0.15, 0.2) is 6.61 Å². The number of carbonyl (C=O) groups excluding carboxylic acids is 2. The van der Waals surface area contributed by atoms with Crippen LogP contribution < -0.4 is 11.2 Å². The molecule has 1 fully saturated rings. The lowest BCUT2D eigenvalue weighted by Gasteiger charge is -2.34. The monoisotopic (exact) mass is 351 g/mol. The summed E-state index contributed by atoms with van der Waals surface area (Å²) in [5.41, 5.74) is -0.332.